The van der Waals surface area contributed by atoms with E-state index in [-0.39, 0.29) is 6.61 Å². The molecule has 0 aliphatic carbocycles. The van der Waals surface area contributed by atoms with Crippen LogP contribution in [0.25, 0.3) is 12.2 Å². The first kappa shape index (κ1) is 18.0. The topological polar surface area (TPSA) is 44.8 Å². The average Bonchev–Trinajstić information content (AvgIpc) is 2.60. The second-order valence-corrected chi connectivity index (χ2v) is 8.14. The molecule has 3 rings (SSSR count). The molecular formula is C19H18BrO4P. The van der Waals surface area contributed by atoms with E-state index in [1.807, 2.05) is 48.6 Å². The quantitative estimate of drug-likeness (QED) is 0.545. The normalized spacial score (nSPS) is 19.2. The molecule has 0 spiro atoms. The van der Waals surface area contributed by atoms with E-state index >= 15 is 0 Å². The van der Waals surface area contributed by atoms with E-state index in [9.17, 15) is 4.57 Å². The van der Waals surface area contributed by atoms with Crippen LogP contribution in [0.5, 0.6) is 11.5 Å². The summed E-state index contributed by atoms with van der Waals surface area (Å²) in [5.74, 6) is 1.14. The van der Waals surface area contributed by atoms with Gasteiger partial charge in [0.05, 0.1) is 19.0 Å². The number of halogens is 1. The Balaban J connectivity index is 2.02. The first-order valence-electron chi connectivity index (χ1n) is 7.83. The van der Waals surface area contributed by atoms with Crippen molar-refractivity contribution in [1.29, 1.82) is 0 Å². The maximum absolute atomic E-state index is 13.2. The second-order valence-electron chi connectivity index (χ2n) is 5.33. The van der Waals surface area contributed by atoms with Crippen molar-refractivity contribution in [2.75, 3.05) is 13.7 Å². The highest BCUT2D eigenvalue weighted by Gasteiger charge is 2.34. The lowest BCUT2D eigenvalue weighted by Crippen LogP contribution is -2.05. The number of methoxy groups -OCH3 is 1. The molecule has 1 unspecified atom stereocenters. The maximum Gasteiger partial charge on any atom is 0.410 e. The van der Waals surface area contributed by atoms with Gasteiger partial charge in [-0.15, -0.1) is 0 Å². The maximum atomic E-state index is 13.2. The van der Waals surface area contributed by atoms with Crippen LogP contribution >= 0.6 is 23.5 Å². The predicted molar refractivity (Wildman–Crippen MR) is 104 cm³/mol. The summed E-state index contributed by atoms with van der Waals surface area (Å²) >= 11 is 3.51. The van der Waals surface area contributed by atoms with Crippen LogP contribution in [0, 0.1) is 0 Å². The Kier molecular flexibility index (Phi) is 5.48. The summed E-state index contributed by atoms with van der Waals surface area (Å²) in [5.41, 5.74) is 1.81. The van der Waals surface area contributed by atoms with Crippen molar-refractivity contribution in [3.63, 3.8) is 0 Å². The van der Waals surface area contributed by atoms with Crippen LogP contribution in [-0.2, 0) is 9.09 Å². The van der Waals surface area contributed by atoms with E-state index in [2.05, 4.69) is 15.9 Å². The van der Waals surface area contributed by atoms with Gasteiger partial charge in [-0.25, -0.2) is 4.57 Å². The van der Waals surface area contributed by atoms with Gasteiger partial charge in [0, 0.05) is 16.1 Å². The number of benzene rings is 2. The Morgan fingerprint density at radius 1 is 1.20 bits per heavy atom. The Morgan fingerprint density at radius 2 is 2.00 bits per heavy atom. The zero-order valence-electron chi connectivity index (χ0n) is 13.9. The number of allylic oxidation sites excluding steroid dienone is 2. The van der Waals surface area contributed by atoms with Gasteiger partial charge in [0.25, 0.3) is 0 Å². The molecule has 130 valence electrons. The molecule has 25 heavy (non-hydrogen) atoms. The molecule has 1 aliphatic heterocycles. The molecular weight excluding hydrogens is 403 g/mol. The van der Waals surface area contributed by atoms with Gasteiger partial charge in [-0.05, 0) is 42.8 Å². The van der Waals surface area contributed by atoms with E-state index in [1.54, 1.807) is 26.2 Å². The van der Waals surface area contributed by atoms with Crippen LogP contribution in [-0.4, -0.2) is 13.7 Å². The standard InChI is InChI=1S/C19H18BrO4P/c1-3-23-25(21)17(11-9-14-6-4-5-7-18(14)20)12-15-8-10-16(22-2)13-19(15)24-25/h4-13H,3H2,1-2H3/b11-9+. The van der Waals surface area contributed by atoms with E-state index in [0.29, 0.717) is 16.8 Å². The minimum Gasteiger partial charge on any atom is -0.497 e. The summed E-state index contributed by atoms with van der Waals surface area (Å²) in [6.07, 6.45) is 5.51. The molecule has 0 saturated heterocycles. The largest absolute Gasteiger partial charge is 0.497 e. The van der Waals surface area contributed by atoms with E-state index < -0.39 is 7.60 Å². The van der Waals surface area contributed by atoms with E-state index in [0.717, 1.165) is 15.6 Å². The van der Waals surface area contributed by atoms with Crippen molar-refractivity contribution >= 4 is 35.7 Å². The molecule has 6 heteroatoms. The molecule has 0 saturated carbocycles. The molecule has 1 heterocycles. The Hall–Kier alpha value is -1.81. The Bertz CT molecular complexity index is 889. The summed E-state index contributed by atoms with van der Waals surface area (Å²) in [4.78, 5) is 0. The van der Waals surface area contributed by atoms with Gasteiger partial charge in [-0.1, -0.05) is 40.2 Å². The van der Waals surface area contributed by atoms with E-state index in [4.69, 9.17) is 13.8 Å². The molecule has 0 aromatic heterocycles. The summed E-state index contributed by atoms with van der Waals surface area (Å²) in [6, 6.07) is 13.2. The lowest BCUT2D eigenvalue weighted by atomic mass is 10.1. The third-order valence-electron chi connectivity index (χ3n) is 3.70. The average molecular weight is 421 g/mol. The van der Waals surface area contributed by atoms with Gasteiger partial charge in [-0.2, -0.15) is 0 Å². The minimum absolute atomic E-state index is 0.288. The number of hydrogen-bond acceptors (Lipinski definition) is 4. The highest BCUT2D eigenvalue weighted by atomic mass is 79.9. The van der Waals surface area contributed by atoms with Crippen LogP contribution < -0.4 is 9.26 Å². The Labute approximate surface area is 155 Å². The van der Waals surface area contributed by atoms with Crippen LogP contribution in [0.1, 0.15) is 18.1 Å². The van der Waals surface area contributed by atoms with Gasteiger partial charge in [0.2, 0.25) is 0 Å². The summed E-state index contributed by atoms with van der Waals surface area (Å²) in [6.45, 7) is 2.08. The zero-order chi connectivity index (χ0) is 17.9. The first-order valence-corrected chi connectivity index (χ1v) is 10.2. The molecule has 0 radical (unpaired) electrons. The van der Waals surface area contributed by atoms with Gasteiger partial charge >= 0.3 is 7.60 Å². The van der Waals surface area contributed by atoms with Crippen LogP contribution in [0.4, 0.5) is 0 Å². The molecule has 4 nitrogen and oxygen atoms in total. The van der Waals surface area contributed by atoms with Crippen molar-refractivity contribution < 1.29 is 18.3 Å². The third-order valence-corrected chi connectivity index (χ3v) is 6.36. The SMILES string of the molecule is CCOP1(=O)Oc2cc(OC)ccc2C=C1/C=C/c1ccccc1Br. The molecule has 0 fully saturated rings. The molecule has 0 bridgehead atoms. The van der Waals surface area contributed by atoms with Gasteiger partial charge < -0.3 is 9.26 Å². The van der Waals surface area contributed by atoms with Crippen molar-refractivity contribution in [3.05, 3.63) is 69.5 Å². The summed E-state index contributed by atoms with van der Waals surface area (Å²) < 4.78 is 30.6. The number of ether oxygens (including phenoxy) is 1. The van der Waals surface area contributed by atoms with Crippen molar-refractivity contribution in [1.82, 2.24) is 0 Å². The van der Waals surface area contributed by atoms with Crippen LogP contribution in [0.15, 0.2) is 58.3 Å². The highest BCUT2D eigenvalue weighted by molar-refractivity contribution is 9.10. The fraction of sp³-hybridized carbons (Fsp3) is 0.158. The molecule has 0 amide bonds. The number of fused-ring (bicyclic) bond motifs is 1. The number of rotatable bonds is 5. The summed E-state index contributed by atoms with van der Waals surface area (Å²) in [7, 11) is -1.86. The predicted octanol–water partition coefficient (Wildman–Crippen LogP) is 6.13. The van der Waals surface area contributed by atoms with Crippen molar-refractivity contribution in [2.45, 2.75) is 6.92 Å². The van der Waals surface area contributed by atoms with Gasteiger partial charge in [0.1, 0.15) is 11.5 Å². The monoisotopic (exact) mass is 420 g/mol. The third kappa shape index (κ3) is 3.90. The molecule has 2 aromatic rings. The van der Waals surface area contributed by atoms with Crippen LogP contribution in [0.3, 0.4) is 0 Å². The Morgan fingerprint density at radius 3 is 2.72 bits per heavy atom. The molecule has 2 aromatic carbocycles. The highest BCUT2D eigenvalue weighted by Crippen LogP contribution is 2.60. The number of hydrogen-bond donors (Lipinski definition) is 0. The second kappa shape index (κ2) is 7.61. The van der Waals surface area contributed by atoms with E-state index in [1.165, 1.54) is 0 Å². The summed E-state index contributed by atoms with van der Waals surface area (Å²) in [5, 5.41) is 0.516. The van der Waals surface area contributed by atoms with Crippen molar-refractivity contribution in [3.8, 4) is 11.5 Å². The van der Waals surface area contributed by atoms with Crippen LogP contribution in [0.2, 0.25) is 0 Å². The fourth-order valence-corrected chi connectivity index (χ4v) is 4.49. The first-order chi connectivity index (χ1) is 12.1. The molecule has 0 N–H and O–H groups in total. The lowest BCUT2D eigenvalue weighted by Gasteiger charge is -2.25. The van der Waals surface area contributed by atoms with Gasteiger partial charge in [0.15, 0.2) is 0 Å². The fourth-order valence-electron chi connectivity index (χ4n) is 2.46. The smallest absolute Gasteiger partial charge is 0.410 e. The zero-order valence-corrected chi connectivity index (χ0v) is 16.4. The lowest BCUT2D eigenvalue weighted by molar-refractivity contribution is 0.285. The molecule has 1 aliphatic rings. The minimum atomic E-state index is -3.43. The molecule has 1 atom stereocenters. The van der Waals surface area contributed by atoms with Gasteiger partial charge in [-0.3, -0.25) is 4.52 Å². The van der Waals surface area contributed by atoms with Crippen molar-refractivity contribution in [2.24, 2.45) is 0 Å².